The van der Waals surface area contributed by atoms with E-state index >= 15 is 0 Å². The highest BCUT2D eigenvalue weighted by Crippen LogP contribution is 2.43. The molecule has 0 saturated heterocycles. The molecule has 0 bridgehead atoms. The Morgan fingerprint density at radius 1 is 0.360 bits per heavy atom. The number of hydrogen-bond acceptors (Lipinski definition) is 3. The Hall–Kier alpha value is -6.78. The Labute approximate surface area is 286 Å². The first kappa shape index (κ1) is 27.2. The molecule has 4 aromatic heterocycles. The van der Waals surface area contributed by atoms with Crippen LogP contribution in [0.3, 0.4) is 0 Å². The first-order valence-corrected chi connectivity index (χ1v) is 16.9. The molecule has 0 saturated carbocycles. The Morgan fingerprint density at radius 3 is 1.56 bits per heavy atom. The van der Waals surface area contributed by atoms with Gasteiger partial charge in [0.25, 0.3) is 0 Å². The number of furan rings is 2. The minimum Gasteiger partial charge on any atom is -0.456 e. The van der Waals surface area contributed by atoms with Crippen molar-refractivity contribution in [3.05, 3.63) is 170 Å². The molecule has 0 aliphatic heterocycles. The maximum absolute atomic E-state index is 6.37. The standard InChI is InChI=1S/C46H28N2O2/c1-2-10-29(11-3-1)46-38-14-4-7-15-40(38)48-39-25-21-31(26-30(39)18-24-41(46)48)47(32-19-22-36-34-12-5-8-16-42(34)49-44(36)27-32)33-20-23-37-35-13-6-9-17-43(35)50-45(37)28-33/h1-28H. The minimum absolute atomic E-state index is 0.855. The van der Waals surface area contributed by atoms with Crippen molar-refractivity contribution in [2.45, 2.75) is 0 Å². The average Bonchev–Trinajstić information content (AvgIpc) is 3.84. The molecule has 50 heavy (non-hydrogen) atoms. The largest absolute Gasteiger partial charge is 0.456 e. The van der Waals surface area contributed by atoms with E-state index in [9.17, 15) is 0 Å². The summed E-state index contributed by atoms with van der Waals surface area (Å²) in [6.45, 7) is 0. The highest BCUT2D eigenvalue weighted by Gasteiger charge is 2.20. The van der Waals surface area contributed by atoms with Gasteiger partial charge in [-0.2, -0.15) is 0 Å². The number of nitrogens with zero attached hydrogens (tertiary/aromatic N) is 2. The van der Waals surface area contributed by atoms with Crippen LogP contribution in [0.5, 0.6) is 0 Å². The number of para-hydroxylation sites is 3. The highest BCUT2D eigenvalue weighted by atomic mass is 16.3. The van der Waals surface area contributed by atoms with Gasteiger partial charge >= 0.3 is 0 Å². The van der Waals surface area contributed by atoms with Crippen LogP contribution in [0.25, 0.3) is 82.3 Å². The van der Waals surface area contributed by atoms with Gasteiger partial charge in [-0.1, -0.05) is 91.0 Å². The fourth-order valence-electron chi connectivity index (χ4n) is 7.93. The number of hydrogen-bond donors (Lipinski definition) is 0. The summed E-state index contributed by atoms with van der Waals surface area (Å²) in [6.07, 6.45) is 0. The molecule has 11 aromatic rings. The van der Waals surface area contributed by atoms with E-state index < -0.39 is 0 Å². The van der Waals surface area contributed by atoms with Gasteiger partial charge in [-0.3, -0.25) is 0 Å². The topological polar surface area (TPSA) is 33.9 Å². The Kier molecular flexibility index (Phi) is 5.63. The highest BCUT2D eigenvalue weighted by molar-refractivity contribution is 6.10. The summed E-state index contributed by atoms with van der Waals surface area (Å²) < 4.78 is 15.2. The fraction of sp³-hybridized carbons (Fsp3) is 0. The van der Waals surface area contributed by atoms with E-state index in [-0.39, 0.29) is 0 Å². The van der Waals surface area contributed by atoms with Crippen molar-refractivity contribution < 1.29 is 8.83 Å². The third kappa shape index (κ3) is 3.93. The van der Waals surface area contributed by atoms with Crippen LogP contribution in [0.15, 0.2) is 179 Å². The molecular weight excluding hydrogens is 613 g/mol. The summed E-state index contributed by atoms with van der Waals surface area (Å²) in [6, 6.07) is 60.1. The van der Waals surface area contributed by atoms with Gasteiger partial charge in [0.15, 0.2) is 0 Å². The Bertz CT molecular complexity index is 3000. The number of rotatable bonds is 4. The molecule has 0 atom stereocenters. The molecule has 0 N–H and O–H groups in total. The van der Waals surface area contributed by atoms with Gasteiger partial charge in [0, 0.05) is 67.1 Å². The zero-order valence-corrected chi connectivity index (χ0v) is 26.9. The maximum Gasteiger partial charge on any atom is 0.137 e. The molecule has 11 rings (SSSR count). The molecule has 0 fully saturated rings. The molecule has 0 radical (unpaired) electrons. The lowest BCUT2D eigenvalue weighted by atomic mass is 10.0. The number of anilines is 3. The Balaban J connectivity index is 1.14. The van der Waals surface area contributed by atoms with Gasteiger partial charge < -0.3 is 18.1 Å². The second-order valence-electron chi connectivity index (χ2n) is 12.9. The Morgan fingerprint density at radius 2 is 0.880 bits per heavy atom. The summed E-state index contributed by atoms with van der Waals surface area (Å²) in [5.74, 6) is 0. The zero-order valence-electron chi connectivity index (χ0n) is 26.9. The monoisotopic (exact) mass is 640 g/mol. The van der Waals surface area contributed by atoms with Gasteiger partial charge in [-0.05, 0) is 72.3 Å². The first-order valence-electron chi connectivity index (χ1n) is 16.9. The van der Waals surface area contributed by atoms with Gasteiger partial charge in [0.1, 0.15) is 22.3 Å². The van der Waals surface area contributed by atoms with E-state index in [2.05, 4.69) is 155 Å². The molecule has 4 heteroatoms. The van der Waals surface area contributed by atoms with Crippen molar-refractivity contribution >= 4 is 88.3 Å². The van der Waals surface area contributed by atoms with E-state index in [4.69, 9.17) is 8.83 Å². The fourth-order valence-corrected chi connectivity index (χ4v) is 7.93. The third-order valence-electron chi connectivity index (χ3n) is 10.1. The average molecular weight is 641 g/mol. The number of fused-ring (bicyclic) bond motifs is 11. The van der Waals surface area contributed by atoms with E-state index in [0.29, 0.717) is 0 Å². The van der Waals surface area contributed by atoms with Crippen molar-refractivity contribution in [1.29, 1.82) is 0 Å². The SMILES string of the molecule is c1ccc(-c2c3ccccc3n3c2ccc2cc(N(c4ccc5c(c4)oc4ccccc45)c4ccc5c(c4)oc4ccccc45)ccc23)cc1. The van der Waals surface area contributed by atoms with E-state index in [0.717, 1.165) is 71.8 Å². The summed E-state index contributed by atoms with van der Waals surface area (Å²) in [7, 11) is 0. The summed E-state index contributed by atoms with van der Waals surface area (Å²) in [5.41, 5.74) is 12.6. The van der Waals surface area contributed by atoms with Crippen LogP contribution in [-0.2, 0) is 0 Å². The summed E-state index contributed by atoms with van der Waals surface area (Å²) in [4.78, 5) is 2.30. The quantitative estimate of drug-likeness (QED) is 0.192. The molecule has 0 amide bonds. The van der Waals surface area contributed by atoms with E-state index in [1.54, 1.807) is 0 Å². The van der Waals surface area contributed by atoms with Crippen molar-refractivity contribution in [2.24, 2.45) is 0 Å². The van der Waals surface area contributed by atoms with Crippen LogP contribution in [0.2, 0.25) is 0 Å². The van der Waals surface area contributed by atoms with Gasteiger partial charge in [-0.15, -0.1) is 0 Å². The lowest BCUT2D eigenvalue weighted by molar-refractivity contribution is 0.669. The molecule has 0 spiro atoms. The van der Waals surface area contributed by atoms with Crippen LogP contribution in [-0.4, -0.2) is 4.40 Å². The van der Waals surface area contributed by atoms with Gasteiger partial charge in [0.05, 0.1) is 16.6 Å². The first-order chi connectivity index (χ1) is 24.8. The molecule has 0 aliphatic carbocycles. The lowest BCUT2D eigenvalue weighted by Gasteiger charge is -2.26. The molecule has 0 aliphatic rings. The second-order valence-corrected chi connectivity index (χ2v) is 12.9. The molecule has 234 valence electrons. The number of benzene rings is 7. The normalized spacial score (nSPS) is 12.0. The molecule has 7 aromatic carbocycles. The van der Waals surface area contributed by atoms with Gasteiger partial charge in [0.2, 0.25) is 0 Å². The van der Waals surface area contributed by atoms with E-state index in [1.165, 1.54) is 27.5 Å². The molecule has 0 unspecified atom stereocenters. The van der Waals surface area contributed by atoms with Crippen LogP contribution in [0.1, 0.15) is 0 Å². The van der Waals surface area contributed by atoms with Crippen LogP contribution in [0.4, 0.5) is 17.1 Å². The predicted octanol–water partition coefficient (Wildman–Crippen LogP) is 13.2. The summed E-state index contributed by atoms with van der Waals surface area (Å²) in [5, 5.41) is 6.84. The maximum atomic E-state index is 6.37. The molecule has 4 heterocycles. The van der Waals surface area contributed by atoms with Crippen molar-refractivity contribution in [3.8, 4) is 11.1 Å². The van der Waals surface area contributed by atoms with Gasteiger partial charge in [-0.25, -0.2) is 0 Å². The number of aromatic nitrogens is 1. The van der Waals surface area contributed by atoms with Crippen molar-refractivity contribution in [3.63, 3.8) is 0 Å². The minimum atomic E-state index is 0.855. The lowest BCUT2D eigenvalue weighted by Crippen LogP contribution is -2.10. The smallest absolute Gasteiger partial charge is 0.137 e. The third-order valence-corrected chi connectivity index (χ3v) is 10.1. The summed E-state index contributed by atoms with van der Waals surface area (Å²) >= 11 is 0. The van der Waals surface area contributed by atoms with Crippen molar-refractivity contribution in [2.75, 3.05) is 4.90 Å². The van der Waals surface area contributed by atoms with Crippen molar-refractivity contribution in [1.82, 2.24) is 4.40 Å². The van der Waals surface area contributed by atoms with Crippen LogP contribution in [0, 0.1) is 0 Å². The van der Waals surface area contributed by atoms with Crippen LogP contribution < -0.4 is 4.90 Å². The van der Waals surface area contributed by atoms with E-state index in [1.807, 2.05) is 24.3 Å². The molecular formula is C46H28N2O2. The molecule has 4 nitrogen and oxygen atoms in total. The predicted molar refractivity (Wildman–Crippen MR) is 207 cm³/mol. The number of pyridine rings is 1. The second kappa shape index (κ2) is 10.4. The van der Waals surface area contributed by atoms with Crippen LogP contribution >= 0.6 is 0 Å². The zero-order chi connectivity index (χ0) is 32.8.